The van der Waals surface area contributed by atoms with E-state index in [1.54, 1.807) is 0 Å². The Morgan fingerprint density at radius 1 is 0.274 bits per heavy atom. The third kappa shape index (κ3) is 6.87. The molecule has 73 heavy (non-hydrogen) atoms. The highest BCUT2D eigenvalue weighted by Gasteiger charge is 2.46. The Morgan fingerprint density at radius 2 is 0.781 bits per heavy atom. The second-order valence-corrected chi connectivity index (χ2v) is 19.2. The lowest BCUT2D eigenvalue weighted by Gasteiger charge is -2.35. The van der Waals surface area contributed by atoms with Gasteiger partial charge in [-0.25, -0.2) is 0 Å². The Labute approximate surface area is 426 Å². The van der Waals surface area contributed by atoms with Gasteiger partial charge in [-0.3, -0.25) is 0 Å². The molecule has 0 bridgehead atoms. The van der Waals surface area contributed by atoms with Crippen LogP contribution in [0.1, 0.15) is 22.3 Å². The monoisotopic (exact) mass is 928 g/mol. The van der Waals surface area contributed by atoms with Crippen LogP contribution < -0.4 is 4.90 Å². The Morgan fingerprint density at radius 3 is 1.53 bits per heavy atom. The highest BCUT2D eigenvalue weighted by molar-refractivity contribution is 6.11. The van der Waals surface area contributed by atoms with Crippen LogP contribution >= 0.6 is 0 Å². The van der Waals surface area contributed by atoms with E-state index in [0.29, 0.717) is 0 Å². The third-order valence-corrected chi connectivity index (χ3v) is 15.3. The molecule has 0 spiro atoms. The van der Waals surface area contributed by atoms with Gasteiger partial charge in [0.1, 0.15) is 0 Å². The molecule has 0 N–H and O–H groups in total. The zero-order valence-electron chi connectivity index (χ0n) is 40.1. The number of fused-ring (bicyclic) bond motifs is 7. The highest BCUT2D eigenvalue weighted by atomic mass is 15.1. The molecule has 1 aromatic heterocycles. The molecule has 0 aliphatic heterocycles. The van der Waals surface area contributed by atoms with E-state index in [9.17, 15) is 0 Å². The molecule has 12 aromatic carbocycles. The van der Waals surface area contributed by atoms with Gasteiger partial charge in [0, 0.05) is 33.4 Å². The fourth-order valence-corrected chi connectivity index (χ4v) is 12.0. The number of benzene rings is 12. The maximum absolute atomic E-state index is 2.46. The van der Waals surface area contributed by atoms with Gasteiger partial charge < -0.3 is 9.47 Å². The molecule has 0 atom stereocenters. The van der Waals surface area contributed by atoms with Crippen molar-refractivity contribution in [2.75, 3.05) is 4.90 Å². The van der Waals surface area contributed by atoms with Crippen LogP contribution in [0.5, 0.6) is 0 Å². The molecule has 2 nitrogen and oxygen atoms in total. The van der Waals surface area contributed by atoms with E-state index in [1.807, 2.05) is 0 Å². The van der Waals surface area contributed by atoms with Crippen LogP contribution in [-0.2, 0) is 5.41 Å². The van der Waals surface area contributed by atoms with Crippen LogP contribution in [-0.4, -0.2) is 4.57 Å². The molecule has 0 saturated carbocycles. The van der Waals surface area contributed by atoms with Gasteiger partial charge in [-0.1, -0.05) is 237 Å². The van der Waals surface area contributed by atoms with Crippen molar-refractivity contribution in [2.24, 2.45) is 0 Å². The molecular weight excluding hydrogens is 881 g/mol. The quantitative estimate of drug-likeness (QED) is 0.140. The number of nitrogens with zero attached hydrogens (tertiary/aromatic N) is 2. The maximum Gasteiger partial charge on any atom is 0.0714 e. The zero-order chi connectivity index (χ0) is 48.3. The molecule has 1 heterocycles. The first-order valence-corrected chi connectivity index (χ1v) is 25.2. The first kappa shape index (κ1) is 42.4. The summed E-state index contributed by atoms with van der Waals surface area (Å²) >= 11 is 0. The van der Waals surface area contributed by atoms with Gasteiger partial charge in [0.2, 0.25) is 0 Å². The molecule has 0 unspecified atom stereocenters. The number of rotatable bonds is 9. The van der Waals surface area contributed by atoms with E-state index in [-0.39, 0.29) is 0 Å². The van der Waals surface area contributed by atoms with E-state index < -0.39 is 5.41 Å². The normalized spacial score (nSPS) is 12.5. The first-order valence-electron chi connectivity index (χ1n) is 25.2. The minimum atomic E-state index is -0.492. The van der Waals surface area contributed by atoms with Crippen LogP contribution in [0.25, 0.3) is 82.8 Å². The van der Waals surface area contributed by atoms with Gasteiger partial charge in [0.15, 0.2) is 0 Å². The second-order valence-electron chi connectivity index (χ2n) is 19.2. The largest absolute Gasteiger partial charge is 0.310 e. The van der Waals surface area contributed by atoms with Crippen LogP contribution in [0.15, 0.2) is 291 Å². The summed E-state index contributed by atoms with van der Waals surface area (Å²) in [5.74, 6) is 0. The highest BCUT2D eigenvalue weighted by Crippen LogP contribution is 2.57. The van der Waals surface area contributed by atoms with Crippen molar-refractivity contribution >= 4 is 49.6 Å². The minimum absolute atomic E-state index is 0.492. The lowest BCUT2D eigenvalue weighted by molar-refractivity contribution is 0.768. The topological polar surface area (TPSA) is 8.17 Å². The molecule has 0 radical (unpaired) electrons. The molecular formula is C71H48N2. The average molecular weight is 929 g/mol. The summed E-state index contributed by atoms with van der Waals surface area (Å²) < 4.78 is 2.46. The number of anilines is 3. The molecule has 0 amide bonds. The number of aromatic nitrogens is 1. The van der Waals surface area contributed by atoms with Crippen molar-refractivity contribution in [1.29, 1.82) is 0 Å². The van der Waals surface area contributed by atoms with Crippen molar-refractivity contribution in [1.82, 2.24) is 4.57 Å². The van der Waals surface area contributed by atoms with Crippen molar-refractivity contribution < 1.29 is 0 Å². The summed E-state index contributed by atoms with van der Waals surface area (Å²) in [6.45, 7) is 0. The maximum atomic E-state index is 2.46. The van der Waals surface area contributed by atoms with Gasteiger partial charge in [0.25, 0.3) is 0 Å². The summed E-state index contributed by atoms with van der Waals surface area (Å²) in [5.41, 5.74) is 21.1. The molecule has 0 saturated heterocycles. The fraction of sp³-hybridized carbons (Fsp3) is 0.0141. The van der Waals surface area contributed by atoms with Gasteiger partial charge in [0.05, 0.1) is 22.1 Å². The predicted molar refractivity (Wildman–Crippen MR) is 307 cm³/mol. The van der Waals surface area contributed by atoms with Crippen molar-refractivity contribution in [3.05, 3.63) is 313 Å². The Balaban J connectivity index is 0.835. The van der Waals surface area contributed by atoms with Gasteiger partial charge in [-0.15, -0.1) is 0 Å². The van der Waals surface area contributed by atoms with Crippen LogP contribution in [0.4, 0.5) is 17.1 Å². The average Bonchev–Trinajstić information content (AvgIpc) is 3.96. The zero-order valence-corrected chi connectivity index (χ0v) is 40.1. The van der Waals surface area contributed by atoms with E-state index >= 15 is 0 Å². The van der Waals surface area contributed by atoms with Crippen molar-refractivity contribution in [3.63, 3.8) is 0 Å². The lowest BCUT2D eigenvalue weighted by Crippen LogP contribution is -2.28. The van der Waals surface area contributed by atoms with Crippen LogP contribution in [0, 0.1) is 0 Å². The van der Waals surface area contributed by atoms with Crippen molar-refractivity contribution in [3.8, 4) is 50.2 Å². The summed E-state index contributed by atoms with van der Waals surface area (Å²) in [7, 11) is 0. The van der Waals surface area contributed by atoms with E-state index in [2.05, 4.69) is 301 Å². The number of para-hydroxylation sites is 3. The fourth-order valence-electron chi connectivity index (χ4n) is 12.0. The lowest BCUT2D eigenvalue weighted by atomic mass is 9.67. The molecule has 0 fully saturated rings. The third-order valence-electron chi connectivity index (χ3n) is 15.3. The Hall–Kier alpha value is -9.50. The van der Waals surface area contributed by atoms with Gasteiger partial charge in [-0.05, 0) is 127 Å². The van der Waals surface area contributed by atoms with E-state index in [0.717, 1.165) is 28.3 Å². The Bertz CT molecular complexity index is 4130. The first-order chi connectivity index (χ1) is 36.2. The van der Waals surface area contributed by atoms with Crippen LogP contribution in [0.3, 0.4) is 0 Å². The molecule has 1 aliphatic carbocycles. The van der Waals surface area contributed by atoms with Gasteiger partial charge in [-0.2, -0.15) is 0 Å². The summed E-state index contributed by atoms with van der Waals surface area (Å²) in [6.07, 6.45) is 0. The molecule has 1 aliphatic rings. The molecule has 2 heteroatoms. The van der Waals surface area contributed by atoms with Crippen molar-refractivity contribution in [2.45, 2.75) is 5.41 Å². The minimum Gasteiger partial charge on any atom is -0.310 e. The molecule has 342 valence electrons. The Kier molecular flexibility index (Phi) is 10.1. The summed E-state index contributed by atoms with van der Waals surface area (Å²) in [4.78, 5) is 2.40. The summed E-state index contributed by atoms with van der Waals surface area (Å²) in [6, 6.07) is 107. The van der Waals surface area contributed by atoms with E-state index in [4.69, 9.17) is 0 Å². The summed E-state index contributed by atoms with van der Waals surface area (Å²) in [5, 5.41) is 5.00. The second kappa shape index (κ2) is 17.4. The standard InChI is InChI=1S/C71H48N2/c1-4-21-54(22-5-1)71(55-23-6-2-7-24-55)66-32-15-12-29-62(66)63-46-44-58(48-67(63)71)72(56-25-8-3-9-26-56)57-42-39-50(40-43-57)49-35-37-52(38-36-49)61-28-13-16-33-68(61)73-69-34-17-14-30-64(69)65-45-41-53(47-70(65)73)60-31-18-20-51-19-10-11-27-59(51)60/h1-48H. The smallest absolute Gasteiger partial charge is 0.0714 e. The predicted octanol–water partition coefficient (Wildman–Crippen LogP) is 18.8. The molecule has 14 rings (SSSR count). The molecule has 13 aromatic rings. The number of hydrogen-bond donors (Lipinski definition) is 0. The van der Waals surface area contributed by atoms with Crippen LogP contribution in [0.2, 0.25) is 0 Å². The van der Waals surface area contributed by atoms with E-state index in [1.165, 1.54) is 93.8 Å². The SMILES string of the molecule is c1ccc(N(c2ccc(-c3ccc(-c4ccccc4-n4c5ccccc5c5ccc(-c6cccc7ccccc67)cc54)cc3)cc2)c2ccc3c(c2)C(c2ccccc2)(c2ccccc2)c2ccccc2-3)cc1. The van der Waals surface area contributed by atoms with Gasteiger partial charge >= 0.3 is 0 Å². The number of hydrogen-bond acceptors (Lipinski definition) is 1.